The lowest BCUT2D eigenvalue weighted by Gasteiger charge is -2.11. The van der Waals surface area contributed by atoms with E-state index in [0.717, 1.165) is 30.9 Å². The predicted octanol–water partition coefficient (Wildman–Crippen LogP) is 3.76. The molecule has 0 atom stereocenters. The lowest BCUT2D eigenvalue weighted by molar-refractivity contribution is -0.140. The Labute approximate surface area is 114 Å². The highest BCUT2D eigenvalue weighted by Crippen LogP contribution is 2.33. The van der Waals surface area contributed by atoms with Gasteiger partial charge in [-0.3, -0.25) is 4.79 Å². The van der Waals surface area contributed by atoms with Gasteiger partial charge < -0.3 is 5.32 Å². The van der Waals surface area contributed by atoms with Crippen LogP contribution < -0.4 is 5.32 Å². The van der Waals surface area contributed by atoms with Crippen molar-refractivity contribution in [3.05, 3.63) is 35.1 Å². The predicted molar refractivity (Wildman–Crippen MR) is 65.7 cm³/mol. The van der Waals surface area contributed by atoms with Gasteiger partial charge in [0.2, 0.25) is 0 Å². The lowest BCUT2D eigenvalue weighted by Crippen LogP contribution is -2.26. The van der Waals surface area contributed by atoms with E-state index in [9.17, 15) is 22.4 Å². The number of benzene rings is 1. The largest absolute Gasteiger partial charge is 0.419 e. The van der Waals surface area contributed by atoms with Crippen molar-refractivity contribution in [3.8, 4) is 0 Å². The van der Waals surface area contributed by atoms with Crippen LogP contribution in [0, 0.1) is 11.7 Å². The number of hydrogen-bond donors (Lipinski definition) is 1. The van der Waals surface area contributed by atoms with Crippen LogP contribution in [-0.4, -0.2) is 12.5 Å². The third-order valence-electron chi connectivity index (χ3n) is 3.32. The fourth-order valence-corrected chi connectivity index (χ4v) is 2.02. The molecule has 0 radical (unpaired) electrons. The van der Waals surface area contributed by atoms with E-state index in [2.05, 4.69) is 5.32 Å². The Morgan fingerprint density at radius 3 is 2.60 bits per heavy atom. The fraction of sp³-hybridized carbons (Fsp3) is 0.500. The normalized spacial score (nSPS) is 15.2. The van der Waals surface area contributed by atoms with E-state index in [-0.39, 0.29) is 0 Å². The molecule has 20 heavy (non-hydrogen) atoms. The van der Waals surface area contributed by atoms with E-state index in [4.69, 9.17) is 0 Å². The first-order chi connectivity index (χ1) is 9.39. The van der Waals surface area contributed by atoms with Gasteiger partial charge in [0.1, 0.15) is 5.82 Å². The van der Waals surface area contributed by atoms with Crippen molar-refractivity contribution in [2.75, 3.05) is 6.54 Å². The van der Waals surface area contributed by atoms with Crippen molar-refractivity contribution in [1.82, 2.24) is 5.32 Å². The summed E-state index contributed by atoms with van der Waals surface area (Å²) in [6.07, 6.45) is -0.638. The van der Waals surface area contributed by atoms with Crippen molar-refractivity contribution in [2.45, 2.75) is 31.9 Å². The second kappa shape index (κ2) is 5.81. The minimum atomic E-state index is -4.80. The maximum Gasteiger partial charge on any atom is 0.419 e. The molecular formula is C14H15F4NO. The monoisotopic (exact) mass is 289 g/mol. The summed E-state index contributed by atoms with van der Waals surface area (Å²) in [6.45, 7) is 0.352. The Morgan fingerprint density at radius 2 is 2.00 bits per heavy atom. The summed E-state index contributed by atoms with van der Waals surface area (Å²) in [7, 11) is 0. The SMILES string of the molecule is O=C(NCCCC1CC1)c1cccc(C(F)(F)F)c1F. The molecule has 0 unspecified atom stereocenters. The van der Waals surface area contributed by atoms with E-state index in [1.54, 1.807) is 0 Å². The van der Waals surface area contributed by atoms with Crippen molar-refractivity contribution in [2.24, 2.45) is 5.92 Å². The van der Waals surface area contributed by atoms with Crippen LogP contribution in [0.5, 0.6) is 0 Å². The third-order valence-corrected chi connectivity index (χ3v) is 3.32. The Balaban J connectivity index is 1.98. The first kappa shape index (κ1) is 14.8. The van der Waals surface area contributed by atoms with Gasteiger partial charge in [-0.15, -0.1) is 0 Å². The van der Waals surface area contributed by atoms with Crippen molar-refractivity contribution < 1.29 is 22.4 Å². The number of halogens is 4. The molecule has 1 fully saturated rings. The highest BCUT2D eigenvalue weighted by molar-refractivity contribution is 5.94. The van der Waals surface area contributed by atoms with Crippen molar-refractivity contribution >= 4 is 5.91 Å². The van der Waals surface area contributed by atoms with Gasteiger partial charge in [-0.1, -0.05) is 18.9 Å². The Kier molecular flexibility index (Phi) is 4.30. The molecule has 0 heterocycles. The summed E-state index contributed by atoms with van der Waals surface area (Å²) < 4.78 is 51.3. The van der Waals surface area contributed by atoms with Gasteiger partial charge in [0.15, 0.2) is 0 Å². The minimum Gasteiger partial charge on any atom is -0.352 e. The molecule has 6 heteroatoms. The second-order valence-electron chi connectivity index (χ2n) is 5.01. The number of carbonyl (C=O) groups is 1. The van der Waals surface area contributed by atoms with Gasteiger partial charge in [-0.2, -0.15) is 13.2 Å². The number of amides is 1. The number of alkyl halides is 3. The topological polar surface area (TPSA) is 29.1 Å². The summed E-state index contributed by atoms with van der Waals surface area (Å²) in [5.41, 5.74) is -1.98. The van der Waals surface area contributed by atoms with E-state index < -0.39 is 29.0 Å². The maximum absolute atomic E-state index is 13.7. The Morgan fingerprint density at radius 1 is 1.30 bits per heavy atom. The molecule has 1 N–H and O–H groups in total. The van der Waals surface area contributed by atoms with Crippen LogP contribution >= 0.6 is 0 Å². The van der Waals surface area contributed by atoms with E-state index in [0.29, 0.717) is 12.6 Å². The molecule has 0 aromatic heterocycles. The molecule has 1 amide bonds. The van der Waals surface area contributed by atoms with Gasteiger partial charge in [0.05, 0.1) is 11.1 Å². The zero-order chi connectivity index (χ0) is 14.8. The van der Waals surface area contributed by atoms with Crippen LogP contribution in [0.4, 0.5) is 17.6 Å². The Bertz CT molecular complexity index is 494. The summed E-state index contributed by atoms with van der Waals surface area (Å²) in [4.78, 5) is 11.7. The van der Waals surface area contributed by atoms with E-state index >= 15 is 0 Å². The first-order valence-electron chi connectivity index (χ1n) is 6.53. The third kappa shape index (κ3) is 3.71. The van der Waals surface area contributed by atoms with E-state index in [1.807, 2.05) is 0 Å². The lowest BCUT2D eigenvalue weighted by atomic mass is 10.1. The van der Waals surface area contributed by atoms with Gasteiger partial charge in [-0.25, -0.2) is 4.39 Å². The second-order valence-corrected chi connectivity index (χ2v) is 5.01. The van der Waals surface area contributed by atoms with Crippen LogP contribution in [0.25, 0.3) is 0 Å². The molecule has 0 saturated heterocycles. The van der Waals surface area contributed by atoms with Gasteiger partial charge in [-0.05, 0) is 30.9 Å². The standard InChI is InChI=1S/C14H15F4NO/c15-12-10(4-1-5-11(12)14(16,17)18)13(20)19-8-2-3-9-6-7-9/h1,4-5,9H,2-3,6-8H2,(H,19,20). The summed E-state index contributed by atoms with van der Waals surface area (Å²) in [5.74, 6) is -1.60. The molecule has 1 aliphatic carbocycles. The Hall–Kier alpha value is -1.59. The fourth-order valence-electron chi connectivity index (χ4n) is 2.02. The quantitative estimate of drug-likeness (QED) is 0.649. The van der Waals surface area contributed by atoms with E-state index in [1.165, 1.54) is 12.8 Å². The van der Waals surface area contributed by atoms with Crippen LogP contribution in [-0.2, 0) is 6.18 Å². The average Bonchev–Trinajstić information content (AvgIpc) is 3.17. The molecule has 110 valence electrons. The highest BCUT2D eigenvalue weighted by atomic mass is 19.4. The molecule has 0 aliphatic heterocycles. The van der Waals surface area contributed by atoms with Gasteiger partial charge in [0, 0.05) is 6.54 Å². The van der Waals surface area contributed by atoms with Crippen LogP contribution in [0.2, 0.25) is 0 Å². The molecule has 1 aromatic carbocycles. The number of rotatable bonds is 5. The number of carbonyl (C=O) groups excluding carboxylic acids is 1. The number of hydrogen-bond acceptors (Lipinski definition) is 1. The van der Waals surface area contributed by atoms with Crippen LogP contribution in [0.3, 0.4) is 0 Å². The molecule has 0 spiro atoms. The van der Waals surface area contributed by atoms with Gasteiger partial charge in [0.25, 0.3) is 5.91 Å². The zero-order valence-electron chi connectivity index (χ0n) is 10.8. The molecular weight excluding hydrogens is 274 g/mol. The highest BCUT2D eigenvalue weighted by Gasteiger charge is 2.35. The summed E-state index contributed by atoms with van der Waals surface area (Å²) >= 11 is 0. The van der Waals surface area contributed by atoms with Crippen LogP contribution in [0.15, 0.2) is 18.2 Å². The molecule has 1 aliphatic rings. The molecule has 2 nitrogen and oxygen atoms in total. The van der Waals surface area contributed by atoms with Gasteiger partial charge >= 0.3 is 6.18 Å². The molecule has 2 rings (SSSR count). The zero-order valence-corrected chi connectivity index (χ0v) is 10.8. The number of nitrogens with one attached hydrogen (secondary N) is 1. The molecule has 1 aromatic rings. The summed E-state index contributed by atoms with van der Waals surface area (Å²) in [6, 6.07) is 2.71. The smallest absolute Gasteiger partial charge is 0.352 e. The minimum absolute atomic E-state index is 0.352. The maximum atomic E-state index is 13.7. The molecule has 1 saturated carbocycles. The first-order valence-corrected chi connectivity index (χ1v) is 6.53. The van der Waals surface area contributed by atoms with Crippen molar-refractivity contribution in [1.29, 1.82) is 0 Å². The van der Waals surface area contributed by atoms with Crippen molar-refractivity contribution in [3.63, 3.8) is 0 Å². The van der Waals surface area contributed by atoms with Crippen LogP contribution in [0.1, 0.15) is 41.6 Å². The summed E-state index contributed by atoms with van der Waals surface area (Å²) in [5, 5.41) is 2.46. The average molecular weight is 289 g/mol. The molecule has 0 bridgehead atoms.